The van der Waals surface area contributed by atoms with Gasteiger partial charge in [0.2, 0.25) is 0 Å². The SMILES string of the molecule is Cc1ccc(-c2nnc(C(C)N)s2)c(Cl)c1. The van der Waals surface area contributed by atoms with Crippen LogP contribution in [0.5, 0.6) is 0 Å². The summed E-state index contributed by atoms with van der Waals surface area (Å²) >= 11 is 7.64. The highest BCUT2D eigenvalue weighted by atomic mass is 35.5. The van der Waals surface area contributed by atoms with E-state index in [1.807, 2.05) is 32.0 Å². The maximum Gasteiger partial charge on any atom is 0.149 e. The van der Waals surface area contributed by atoms with Gasteiger partial charge in [0.25, 0.3) is 0 Å². The Labute approximate surface area is 103 Å². The molecule has 0 radical (unpaired) electrons. The Morgan fingerprint density at radius 2 is 2.12 bits per heavy atom. The number of rotatable bonds is 2. The van der Waals surface area contributed by atoms with E-state index < -0.39 is 0 Å². The van der Waals surface area contributed by atoms with E-state index in [1.54, 1.807) is 0 Å². The topological polar surface area (TPSA) is 51.8 Å². The number of nitrogens with two attached hydrogens (primary N) is 1. The molecule has 3 nitrogen and oxygen atoms in total. The molecule has 0 saturated carbocycles. The van der Waals surface area contributed by atoms with E-state index in [0.717, 1.165) is 21.1 Å². The molecule has 1 heterocycles. The highest BCUT2D eigenvalue weighted by Gasteiger charge is 2.12. The van der Waals surface area contributed by atoms with Crippen LogP contribution in [0.2, 0.25) is 5.02 Å². The Bertz CT molecular complexity index is 508. The van der Waals surface area contributed by atoms with Gasteiger partial charge in [0.15, 0.2) is 0 Å². The van der Waals surface area contributed by atoms with Crippen LogP contribution in [0.25, 0.3) is 10.6 Å². The highest BCUT2D eigenvalue weighted by Crippen LogP contribution is 2.31. The van der Waals surface area contributed by atoms with Gasteiger partial charge in [-0.15, -0.1) is 10.2 Å². The number of halogens is 1. The third kappa shape index (κ3) is 2.24. The van der Waals surface area contributed by atoms with E-state index in [2.05, 4.69) is 10.2 Å². The van der Waals surface area contributed by atoms with E-state index in [9.17, 15) is 0 Å². The summed E-state index contributed by atoms with van der Waals surface area (Å²) in [5, 5.41) is 10.5. The van der Waals surface area contributed by atoms with Crippen LogP contribution in [0.15, 0.2) is 18.2 Å². The summed E-state index contributed by atoms with van der Waals surface area (Å²) in [4.78, 5) is 0. The molecule has 1 aromatic heterocycles. The molecule has 0 spiro atoms. The lowest BCUT2D eigenvalue weighted by Gasteiger charge is -2.00. The molecule has 0 aliphatic rings. The monoisotopic (exact) mass is 253 g/mol. The summed E-state index contributed by atoms with van der Waals surface area (Å²) in [7, 11) is 0. The van der Waals surface area contributed by atoms with E-state index in [-0.39, 0.29) is 6.04 Å². The minimum Gasteiger partial charge on any atom is -0.322 e. The van der Waals surface area contributed by atoms with Gasteiger partial charge in [0.1, 0.15) is 10.0 Å². The number of hydrogen-bond acceptors (Lipinski definition) is 4. The van der Waals surface area contributed by atoms with Crippen LogP contribution in [0.3, 0.4) is 0 Å². The van der Waals surface area contributed by atoms with Gasteiger partial charge in [-0.1, -0.05) is 35.1 Å². The molecule has 0 bridgehead atoms. The zero-order chi connectivity index (χ0) is 11.7. The van der Waals surface area contributed by atoms with Crippen LogP contribution in [0, 0.1) is 6.92 Å². The van der Waals surface area contributed by atoms with Gasteiger partial charge in [-0.3, -0.25) is 0 Å². The Balaban J connectivity index is 2.42. The number of benzene rings is 1. The quantitative estimate of drug-likeness (QED) is 0.894. The standard InChI is InChI=1S/C11H12ClN3S/c1-6-3-4-8(9(12)5-6)11-15-14-10(16-11)7(2)13/h3-5,7H,13H2,1-2H3. The predicted molar refractivity (Wildman–Crippen MR) is 67.7 cm³/mol. The van der Waals surface area contributed by atoms with Crippen molar-refractivity contribution in [1.29, 1.82) is 0 Å². The average molecular weight is 254 g/mol. The second kappa shape index (κ2) is 4.49. The van der Waals surface area contributed by atoms with Crippen molar-refractivity contribution in [3.05, 3.63) is 33.8 Å². The molecule has 0 amide bonds. The number of aromatic nitrogens is 2. The van der Waals surface area contributed by atoms with E-state index in [1.165, 1.54) is 11.3 Å². The normalized spacial score (nSPS) is 12.8. The van der Waals surface area contributed by atoms with Crippen LogP contribution < -0.4 is 5.73 Å². The second-order valence-electron chi connectivity index (χ2n) is 3.72. The lowest BCUT2D eigenvalue weighted by Crippen LogP contribution is -2.03. The Kier molecular flexibility index (Phi) is 3.23. The largest absolute Gasteiger partial charge is 0.322 e. The molecule has 1 aromatic carbocycles. The van der Waals surface area contributed by atoms with Gasteiger partial charge in [0.05, 0.1) is 11.1 Å². The predicted octanol–water partition coefficient (Wildman–Crippen LogP) is 3.19. The summed E-state index contributed by atoms with van der Waals surface area (Å²) in [6.07, 6.45) is 0. The van der Waals surface area contributed by atoms with Gasteiger partial charge < -0.3 is 5.73 Å². The minimum atomic E-state index is -0.0875. The molecular formula is C11H12ClN3S. The van der Waals surface area contributed by atoms with Crippen LogP contribution >= 0.6 is 22.9 Å². The maximum atomic E-state index is 6.16. The molecule has 84 valence electrons. The zero-order valence-electron chi connectivity index (χ0n) is 9.07. The summed E-state index contributed by atoms with van der Waals surface area (Å²) in [5.41, 5.74) is 7.79. The van der Waals surface area contributed by atoms with Gasteiger partial charge in [-0.25, -0.2) is 0 Å². The van der Waals surface area contributed by atoms with Gasteiger partial charge in [-0.2, -0.15) is 0 Å². The molecule has 5 heteroatoms. The molecule has 2 aromatic rings. The number of nitrogens with zero attached hydrogens (tertiary/aromatic N) is 2. The summed E-state index contributed by atoms with van der Waals surface area (Å²) in [5.74, 6) is 0. The summed E-state index contributed by atoms with van der Waals surface area (Å²) < 4.78 is 0. The highest BCUT2D eigenvalue weighted by molar-refractivity contribution is 7.14. The van der Waals surface area contributed by atoms with Gasteiger partial charge in [0, 0.05) is 5.56 Å². The first-order valence-electron chi connectivity index (χ1n) is 4.93. The molecule has 0 aliphatic carbocycles. The fraction of sp³-hybridized carbons (Fsp3) is 0.273. The van der Waals surface area contributed by atoms with Crippen molar-refractivity contribution in [3.63, 3.8) is 0 Å². The van der Waals surface area contributed by atoms with Gasteiger partial charge in [-0.05, 0) is 25.5 Å². The van der Waals surface area contributed by atoms with Crippen LogP contribution in [0.1, 0.15) is 23.5 Å². The van der Waals surface area contributed by atoms with E-state index in [0.29, 0.717) is 5.02 Å². The van der Waals surface area contributed by atoms with Crippen LogP contribution in [-0.2, 0) is 0 Å². The molecule has 16 heavy (non-hydrogen) atoms. The first-order valence-corrected chi connectivity index (χ1v) is 6.13. The van der Waals surface area contributed by atoms with Crippen molar-refractivity contribution >= 4 is 22.9 Å². The Morgan fingerprint density at radius 3 is 2.69 bits per heavy atom. The molecule has 1 atom stereocenters. The number of aryl methyl sites for hydroxylation is 1. The van der Waals surface area contributed by atoms with Crippen molar-refractivity contribution in [2.75, 3.05) is 0 Å². The second-order valence-corrected chi connectivity index (χ2v) is 5.13. The van der Waals surface area contributed by atoms with Crippen LogP contribution in [0.4, 0.5) is 0 Å². The van der Waals surface area contributed by atoms with Crippen molar-refractivity contribution in [2.45, 2.75) is 19.9 Å². The molecule has 2 rings (SSSR count). The smallest absolute Gasteiger partial charge is 0.149 e. The van der Waals surface area contributed by atoms with Crippen molar-refractivity contribution < 1.29 is 0 Å². The Hall–Kier alpha value is -0.970. The fourth-order valence-corrected chi connectivity index (χ4v) is 2.54. The van der Waals surface area contributed by atoms with E-state index >= 15 is 0 Å². The summed E-state index contributed by atoms with van der Waals surface area (Å²) in [6.45, 7) is 3.89. The molecule has 0 saturated heterocycles. The Morgan fingerprint density at radius 1 is 1.38 bits per heavy atom. The first-order chi connectivity index (χ1) is 7.58. The van der Waals surface area contributed by atoms with Crippen LogP contribution in [-0.4, -0.2) is 10.2 Å². The first kappa shape index (κ1) is 11.5. The number of hydrogen-bond donors (Lipinski definition) is 1. The lowest BCUT2D eigenvalue weighted by atomic mass is 10.2. The van der Waals surface area contributed by atoms with Crippen molar-refractivity contribution in [2.24, 2.45) is 5.73 Å². The fourth-order valence-electron chi connectivity index (χ4n) is 1.32. The molecule has 0 aliphatic heterocycles. The minimum absolute atomic E-state index is 0.0875. The summed E-state index contributed by atoms with van der Waals surface area (Å²) in [6, 6.07) is 5.80. The van der Waals surface area contributed by atoms with Crippen molar-refractivity contribution in [3.8, 4) is 10.6 Å². The van der Waals surface area contributed by atoms with Crippen molar-refractivity contribution in [1.82, 2.24) is 10.2 Å². The molecule has 0 fully saturated rings. The van der Waals surface area contributed by atoms with Gasteiger partial charge >= 0.3 is 0 Å². The molecule has 2 N–H and O–H groups in total. The maximum absolute atomic E-state index is 6.16. The zero-order valence-corrected chi connectivity index (χ0v) is 10.6. The lowest BCUT2D eigenvalue weighted by molar-refractivity contribution is 0.786. The molecule has 1 unspecified atom stereocenters. The van der Waals surface area contributed by atoms with E-state index in [4.69, 9.17) is 17.3 Å². The third-order valence-electron chi connectivity index (χ3n) is 2.19. The molecular weight excluding hydrogens is 242 g/mol. The third-order valence-corrected chi connectivity index (χ3v) is 3.66. The average Bonchev–Trinajstić information content (AvgIpc) is 2.66.